The van der Waals surface area contributed by atoms with Gasteiger partial charge >= 0.3 is 0 Å². The molecule has 0 saturated carbocycles. The first-order valence-corrected chi connectivity index (χ1v) is 6.74. The molecule has 0 radical (unpaired) electrons. The van der Waals surface area contributed by atoms with Gasteiger partial charge in [-0.15, -0.1) is 5.10 Å². The van der Waals surface area contributed by atoms with Crippen molar-refractivity contribution in [3.63, 3.8) is 0 Å². The van der Waals surface area contributed by atoms with Gasteiger partial charge in [0.15, 0.2) is 11.4 Å². The fraction of sp³-hybridized carbons (Fsp3) is 0.0833. The number of aryl methyl sites for hydroxylation is 1. The Kier molecular flexibility index (Phi) is 3.32. The lowest BCUT2D eigenvalue weighted by atomic mass is 10.2. The van der Waals surface area contributed by atoms with Crippen LogP contribution in [0.15, 0.2) is 35.1 Å². The largest absolute Gasteiger partial charge is 0.321 e. The molecule has 2 N–H and O–H groups in total. The van der Waals surface area contributed by atoms with Gasteiger partial charge in [0.1, 0.15) is 4.88 Å². The van der Waals surface area contributed by atoms with E-state index in [1.54, 1.807) is 24.3 Å². The quantitative estimate of drug-likeness (QED) is 0.747. The number of hydrogen-bond donors (Lipinski definition) is 2. The molecule has 3 aromatic rings. The molecule has 2 aromatic heterocycles. The summed E-state index contributed by atoms with van der Waals surface area (Å²) in [5.41, 5.74) is 0.505. The predicted octanol–water partition coefficient (Wildman–Crippen LogP) is 0.879. The summed E-state index contributed by atoms with van der Waals surface area (Å²) in [6.07, 6.45) is 0. The number of H-pyrrole nitrogens is 1. The SMILES string of the molecule is Cn1[nH]nc(-c2snnc2C(=O)Nc2ccccc2)c1=O. The maximum absolute atomic E-state index is 12.2. The number of amides is 1. The standard InChI is InChI=1S/C12H10N6O2S/c1-18-12(20)9(14-16-18)10-8(15-17-21-10)11(19)13-7-5-3-2-4-6-7/h2-6,16H,1H3,(H,13,19). The summed E-state index contributed by atoms with van der Waals surface area (Å²) in [5, 5.41) is 12.9. The van der Waals surface area contributed by atoms with Crippen molar-refractivity contribution in [3.05, 3.63) is 46.4 Å². The van der Waals surface area contributed by atoms with Crippen molar-refractivity contribution in [1.82, 2.24) is 24.6 Å². The van der Waals surface area contributed by atoms with Crippen LogP contribution in [0.3, 0.4) is 0 Å². The number of anilines is 1. The van der Waals surface area contributed by atoms with E-state index in [4.69, 9.17) is 0 Å². The second-order valence-electron chi connectivity index (χ2n) is 4.20. The van der Waals surface area contributed by atoms with Gasteiger partial charge in [-0.1, -0.05) is 22.7 Å². The molecule has 0 aliphatic rings. The van der Waals surface area contributed by atoms with E-state index in [0.29, 0.717) is 10.6 Å². The van der Waals surface area contributed by atoms with E-state index in [-0.39, 0.29) is 16.9 Å². The minimum atomic E-state index is -0.435. The number of nitrogens with one attached hydrogen (secondary N) is 2. The number of hydrogen-bond acceptors (Lipinski definition) is 6. The molecule has 21 heavy (non-hydrogen) atoms. The molecule has 9 heteroatoms. The maximum Gasteiger partial charge on any atom is 0.295 e. The van der Waals surface area contributed by atoms with Crippen LogP contribution in [0.5, 0.6) is 0 Å². The summed E-state index contributed by atoms with van der Waals surface area (Å²) in [7, 11) is 1.54. The summed E-state index contributed by atoms with van der Waals surface area (Å²) in [4.78, 5) is 24.5. The van der Waals surface area contributed by atoms with Crippen LogP contribution in [0.25, 0.3) is 10.6 Å². The van der Waals surface area contributed by atoms with E-state index in [1.807, 2.05) is 6.07 Å². The van der Waals surface area contributed by atoms with Crippen molar-refractivity contribution >= 4 is 23.1 Å². The maximum atomic E-state index is 12.2. The highest BCUT2D eigenvalue weighted by Gasteiger charge is 2.22. The Bertz CT molecular complexity index is 835. The number of para-hydroxylation sites is 1. The molecule has 0 bridgehead atoms. The highest BCUT2D eigenvalue weighted by molar-refractivity contribution is 7.09. The monoisotopic (exact) mass is 302 g/mol. The first-order chi connectivity index (χ1) is 10.2. The fourth-order valence-corrected chi connectivity index (χ4v) is 2.37. The molecule has 0 aliphatic heterocycles. The molecule has 3 rings (SSSR count). The van der Waals surface area contributed by atoms with Gasteiger partial charge in [0.05, 0.1) is 0 Å². The number of carbonyl (C=O) groups excluding carboxylic acids is 1. The molecular weight excluding hydrogens is 292 g/mol. The third kappa shape index (κ3) is 2.46. The molecule has 0 saturated heterocycles. The Labute approximate surface area is 122 Å². The second-order valence-corrected chi connectivity index (χ2v) is 4.95. The highest BCUT2D eigenvalue weighted by Crippen LogP contribution is 2.22. The van der Waals surface area contributed by atoms with Crippen molar-refractivity contribution in [1.29, 1.82) is 0 Å². The summed E-state index contributed by atoms with van der Waals surface area (Å²) in [5.74, 6) is -0.435. The van der Waals surface area contributed by atoms with Crippen LogP contribution in [-0.2, 0) is 7.05 Å². The van der Waals surface area contributed by atoms with E-state index >= 15 is 0 Å². The Balaban J connectivity index is 1.94. The zero-order valence-corrected chi connectivity index (χ0v) is 11.7. The van der Waals surface area contributed by atoms with Crippen molar-refractivity contribution in [2.45, 2.75) is 0 Å². The normalized spacial score (nSPS) is 10.5. The Morgan fingerprint density at radius 2 is 2.10 bits per heavy atom. The van der Waals surface area contributed by atoms with Crippen molar-refractivity contribution in [3.8, 4) is 10.6 Å². The van der Waals surface area contributed by atoms with Gasteiger partial charge in [-0.25, -0.2) is 9.90 Å². The molecule has 8 nitrogen and oxygen atoms in total. The average molecular weight is 302 g/mol. The number of carbonyl (C=O) groups is 1. The lowest BCUT2D eigenvalue weighted by Gasteiger charge is -2.02. The number of aromatic nitrogens is 5. The minimum absolute atomic E-state index is 0.0769. The summed E-state index contributed by atoms with van der Waals surface area (Å²) >= 11 is 0.951. The molecule has 0 fully saturated rings. The van der Waals surface area contributed by atoms with Gasteiger partial charge < -0.3 is 5.32 Å². The summed E-state index contributed by atoms with van der Waals surface area (Å²) < 4.78 is 4.96. The van der Waals surface area contributed by atoms with Crippen molar-refractivity contribution in [2.24, 2.45) is 7.05 Å². The van der Waals surface area contributed by atoms with E-state index in [0.717, 1.165) is 11.5 Å². The predicted molar refractivity (Wildman–Crippen MR) is 77.1 cm³/mol. The van der Waals surface area contributed by atoms with E-state index in [9.17, 15) is 9.59 Å². The van der Waals surface area contributed by atoms with Crippen LogP contribution in [0, 0.1) is 0 Å². The lowest BCUT2D eigenvalue weighted by molar-refractivity contribution is 0.102. The third-order valence-electron chi connectivity index (χ3n) is 2.77. The van der Waals surface area contributed by atoms with Gasteiger partial charge in [0, 0.05) is 12.7 Å². The zero-order valence-electron chi connectivity index (χ0n) is 10.9. The first kappa shape index (κ1) is 13.2. The number of benzene rings is 1. The topological polar surface area (TPSA) is 106 Å². The van der Waals surface area contributed by atoms with Crippen LogP contribution < -0.4 is 10.9 Å². The molecular formula is C12H10N6O2S. The lowest BCUT2D eigenvalue weighted by Crippen LogP contribution is -2.16. The smallest absolute Gasteiger partial charge is 0.295 e. The molecule has 0 atom stereocenters. The van der Waals surface area contributed by atoms with E-state index in [2.05, 4.69) is 25.2 Å². The summed E-state index contributed by atoms with van der Waals surface area (Å²) in [6, 6.07) is 8.97. The molecule has 1 aromatic carbocycles. The van der Waals surface area contributed by atoms with Crippen LogP contribution in [-0.4, -0.2) is 30.5 Å². The van der Waals surface area contributed by atoms with Crippen molar-refractivity contribution < 1.29 is 4.79 Å². The number of aromatic amines is 1. The van der Waals surface area contributed by atoms with E-state index < -0.39 is 5.91 Å². The summed E-state index contributed by atoms with van der Waals surface area (Å²) in [6.45, 7) is 0. The molecule has 2 heterocycles. The fourth-order valence-electron chi connectivity index (χ4n) is 1.73. The number of rotatable bonds is 3. The second kappa shape index (κ2) is 5.29. The van der Waals surface area contributed by atoms with Gasteiger partial charge in [0.2, 0.25) is 0 Å². The number of nitrogens with zero attached hydrogens (tertiary/aromatic N) is 4. The van der Waals surface area contributed by atoms with Gasteiger partial charge in [0.25, 0.3) is 11.5 Å². The third-order valence-corrected chi connectivity index (χ3v) is 3.50. The molecule has 0 spiro atoms. The Morgan fingerprint density at radius 1 is 1.33 bits per heavy atom. The van der Waals surface area contributed by atoms with Crippen LogP contribution in [0.2, 0.25) is 0 Å². The zero-order chi connectivity index (χ0) is 14.8. The van der Waals surface area contributed by atoms with Gasteiger partial charge in [-0.05, 0) is 23.7 Å². The first-order valence-electron chi connectivity index (χ1n) is 5.97. The van der Waals surface area contributed by atoms with Crippen LogP contribution in [0.1, 0.15) is 10.5 Å². The Morgan fingerprint density at radius 3 is 2.76 bits per heavy atom. The van der Waals surface area contributed by atoms with Gasteiger partial charge in [-0.3, -0.25) is 9.59 Å². The van der Waals surface area contributed by atoms with Crippen LogP contribution >= 0.6 is 11.5 Å². The molecule has 0 unspecified atom stereocenters. The van der Waals surface area contributed by atoms with Crippen molar-refractivity contribution in [2.75, 3.05) is 5.32 Å². The van der Waals surface area contributed by atoms with Crippen LogP contribution in [0.4, 0.5) is 5.69 Å². The minimum Gasteiger partial charge on any atom is -0.321 e. The average Bonchev–Trinajstić information content (AvgIpc) is 3.08. The molecule has 1 amide bonds. The molecule has 0 aliphatic carbocycles. The Hall–Kier alpha value is -2.81. The van der Waals surface area contributed by atoms with E-state index in [1.165, 1.54) is 11.7 Å². The molecule has 106 valence electrons. The highest BCUT2D eigenvalue weighted by atomic mass is 32.1. The van der Waals surface area contributed by atoms with Gasteiger partial charge in [-0.2, -0.15) is 5.10 Å².